The van der Waals surface area contributed by atoms with Crippen LogP contribution in [0.2, 0.25) is 0 Å². The van der Waals surface area contributed by atoms with Crippen molar-refractivity contribution in [3.63, 3.8) is 0 Å². The van der Waals surface area contributed by atoms with Crippen molar-refractivity contribution in [3.8, 4) is 0 Å². The molecule has 1 fully saturated rings. The van der Waals surface area contributed by atoms with Crippen molar-refractivity contribution in [2.75, 3.05) is 0 Å². The third kappa shape index (κ3) is 10.0. The Balaban J connectivity index is 0.000000187. The molecule has 0 heteroatoms. The van der Waals surface area contributed by atoms with Gasteiger partial charge in [0.05, 0.1) is 0 Å². The standard InChI is InChI=1S/C6H12.C5H12/c1-2-4-6-5-3-1;1-3-5-4-2/h1-6H2;3-5H2,1-2H3. The average molecular weight is 156 g/mol. The molecule has 1 rings (SSSR count). The molecule has 1 aliphatic rings. The molecule has 68 valence electrons. The summed E-state index contributed by atoms with van der Waals surface area (Å²) >= 11 is 0. The van der Waals surface area contributed by atoms with Crippen LogP contribution in [0.4, 0.5) is 0 Å². The predicted octanol–water partition coefficient (Wildman–Crippen LogP) is 4.54. The molecule has 0 bridgehead atoms. The average Bonchev–Trinajstić information content (AvgIpc) is 2.10. The Bertz CT molecular complexity index is 39.5. The van der Waals surface area contributed by atoms with Crippen molar-refractivity contribution in [2.45, 2.75) is 71.6 Å². The van der Waals surface area contributed by atoms with Gasteiger partial charge in [0, 0.05) is 0 Å². The first-order chi connectivity index (χ1) is 5.41. The van der Waals surface area contributed by atoms with E-state index in [2.05, 4.69) is 13.8 Å². The highest BCUT2D eigenvalue weighted by atomic mass is 14.0. The topological polar surface area (TPSA) is 0 Å². The Morgan fingerprint density at radius 3 is 1.00 bits per heavy atom. The van der Waals surface area contributed by atoms with Crippen LogP contribution in [-0.4, -0.2) is 0 Å². The molecule has 0 aromatic rings. The summed E-state index contributed by atoms with van der Waals surface area (Å²) in [5.74, 6) is 0. The zero-order valence-corrected chi connectivity index (χ0v) is 8.36. The summed E-state index contributed by atoms with van der Waals surface area (Å²) in [4.78, 5) is 0. The molecule has 0 N–H and O–H groups in total. The highest BCUT2D eigenvalue weighted by Gasteiger charge is 1.95. The fourth-order valence-electron chi connectivity index (χ4n) is 1.41. The van der Waals surface area contributed by atoms with E-state index in [0.29, 0.717) is 0 Å². The Labute approximate surface area is 72.4 Å². The molecule has 0 unspecified atom stereocenters. The molecule has 1 aliphatic carbocycles. The summed E-state index contributed by atoms with van der Waals surface area (Å²) in [5.41, 5.74) is 0. The van der Waals surface area contributed by atoms with Gasteiger partial charge in [-0.2, -0.15) is 0 Å². The van der Waals surface area contributed by atoms with E-state index in [1.807, 2.05) is 0 Å². The Kier molecular flexibility index (Phi) is 10.0. The van der Waals surface area contributed by atoms with Crippen molar-refractivity contribution in [2.24, 2.45) is 0 Å². The van der Waals surface area contributed by atoms with Gasteiger partial charge in [-0.25, -0.2) is 0 Å². The maximum absolute atomic E-state index is 2.21. The van der Waals surface area contributed by atoms with E-state index in [0.717, 1.165) is 0 Å². The summed E-state index contributed by atoms with van der Waals surface area (Å²) in [6, 6.07) is 0. The molecule has 0 amide bonds. The summed E-state index contributed by atoms with van der Waals surface area (Å²) in [6.07, 6.45) is 13.1. The van der Waals surface area contributed by atoms with Gasteiger partial charge in [0.15, 0.2) is 0 Å². The summed E-state index contributed by atoms with van der Waals surface area (Å²) in [7, 11) is 0. The van der Waals surface area contributed by atoms with Crippen LogP contribution in [0.25, 0.3) is 0 Å². The summed E-state index contributed by atoms with van der Waals surface area (Å²) in [6.45, 7) is 4.42. The smallest absolute Gasteiger partial charge is 0.0533 e. The second-order valence-electron chi connectivity index (χ2n) is 3.47. The third-order valence-corrected chi connectivity index (χ3v) is 2.21. The van der Waals surface area contributed by atoms with E-state index >= 15 is 0 Å². The monoisotopic (exact) mass is 156 g/mol. The van der Waals surface area contributed by atoms with Crippen molar-refractivity contribution >= 4 is 0 Å². The highest BCUT2D eigenvalue weighted by Crippen LogP contribution is 2.15. The minimum atomic E-state index is 1.34. The number of unbranched alkanes of at least 4 members (excludes halogenated alkanes) is 2. The molecule has 0 nitrogen and oxygen atoms in total. The Morgan fingerprint density at radius 1 is 0.636 bits per heavy atom. The fraction of sp³-hybridized carbons (Fsp3) is 1.00. The van der Waals surface area contributed by atoms with Crippen LogP contribution in [0.3, 0.4) is 0 Å². The van der Waals surface area contributed by atoms with Gasteiger partial charge in [-0.3, -0.25) is 0 Å². The van der Waals surface area contributed by atoms with E-state index in [4.69, 9.17) is 0 Å². The van der Waals surface area contributed by atoms with Crippen LogP contribution in [0.15, 0.2) is 0 Å². The van der Waals surface area contributed by atoms with Crippen molar-refractivity contribution in [3.05, 3.63) is 0 Å². The SMILES string of the molecule is C1CCCCC1.CCCCC. The minimum absolute atomic E-state index is 1.34. The van der Waals surface area contributed by atoms with E-state index in [-0.39, 0.29) is 0 Å². The van der Waals surface area contributed by atoms with E-state index in [1.165, 1.54) is 57.8 Å². The first kappa shape index (κ1) is 11.0. The van der Waals surface area contributed by atoms with Crippen LogP contribution in [-0.2, 0) is 0 Å². The zero-order chi connectivity index (χ0) is 8.36. The quantitative estimate of drug-likeness (QED) is 0.550. The van der Waals surface area contributed by atoms with Gasteiger partial charge in [-0.1, -0.05) is 71.6 Å². The molecule has 0 saturated heterocycles. The highest BCUT2D eigenvalue weighted by molar-refractivity contribution is 4.51. The van der Waals surface area contributed by atoms with E-state index in [1.54, 1.807) is 0 Å². The van der Waals surface area contributed by atoms with Gasteiger partial charge in [0.25, 0.3) is 0 Å². The van der Waals surface area contributed by atoms with Gasteiger partial charge in [0.2, 0.25) is 0 Å². The minimum Gasteiger partial charge on any atom is -0.0654 e. The van der Waals surface area contributed by atoms with Crippen LogP contribution < -0.4 is 0 Å². The molecule has 0 atom stereocenters. The summed E-state index contributed by atoms with van der Waals surface area (Å²) < 4.78 is 0. The molecule has 0 heterocycles. The first-order valence-corrected chi connectivity index (χ1v) is 5.41. The lowest BCUT2D eigenvalue weighted by Crippen LogP contribution is -1.85. The lowest BCUT2D eigenvalue weighted by molar-refractivity contribution is 0.504. The van der Waals surface area contributed by atoms with E-state index < -0.39 is 0 Å². The van der Waals surface area contributed by atoms with Gasteiger partial charge < -0.3 is 0 Å². The molecule has 0 radical (unpaired) electrons. The molecular weight excluding hydrogens is 132 g/mol. The van der Waals surface area contributed by atoms with E-state index in [9.17, 15) is 0 Å². The molecule has 11 heavy (non-hydrogen) atoms. The van der Waals surface area contributed by atoms with Crippen molar-refractivity contribution in [1.82, 2.24) is 0 Å². The molecule has 0 aromatic carbocycles. The predicted molar refractivity (Wildman–Crippen MR) is 52.9 cm³/mol. The van der Waals surface area contributed by atoms with Gasteiger partial charge >= 0.3 is 0 Å². The van der Waals surface area contributed by atoms with Crippen molar-refractivity contribution < 1.29 is 0 Å². The number of rotatable bonds is 2. The number of hydrogen-bond donors (Lipinski definition) is 0. The Hall–Kier alpha value is 0. The third-order valence-electron chi connectivity index (χ3n) is 2.21. The lowest BCUT2D eigenvalue weighted by atomic mass is 10.0. The number of hydrogen-bond acceptors (Lipinski definition) is 0. The van der Waals surface area contributed by atoms with Crippen LogP contribution in [0.1, 0.15) is 71.6 Å². The van der Waals surface area contributed by atoms with Gasteiger partial charge in [0.1, 0.15) is 0 Å². The summed E-state index contributed by atoms with van der Waals surface area (Å²) in [5, 5.41) is 0. The molecule has 0 aromatic heterocycles. The van der Waals surface area contributed by atoms with Crippen LogP contribution in [0, 0.1) is 0 Å². The first-order valence-electron chi connectivity index (χ1n) is 5.41. The molecular formula is C11H24. The van der Waals surface area contributed by atoms with Crippen LogP contribution in [0.5, 0.6) is 0 Å². The molecule has 0 spiro atoms. The van der Waals surface area contributed by atoms with Gasteiger partial charge in [-0.15, -0.1) is 0 Å². The molecule has 1 saturated carbocycles. The Morgan fingerprint density at radius 2 is 0.909 bits per heavy atom. The van der Waals surface area contributed by atoms with Crippen LogP contribution >= 0.6 is 0 Å². The second-order valence-corrected chi connectivity index (χ2v) is 3.47. The van der Waals surface area contributed by atoms with Gasteiger partial charge in [-0.05, 0) is 0 Å². The molecule has 0 aliphatic heterocycles. The normalized spacial score (nSPS) is 16.9. The zero-order valence-electron chi connectivity index (χ0n) is 8.36. The maximum Gasteiger partial charge on any atom is -0.0533 e. The lowest BCUT2D eigenvalue weighted by Gasteiger charge is -2.05. The second kappa shape index (κ2) is 10.0. The fourth-order valence-corrected chi connectivity index (χ4v) is 1.41. The largest absolute Gasteiger partial charge is 0.0654 e. The van der Waals surface area contributed by atoms with Crippen molar-refractivity contribution in [1.29, 1.82) is 0 Å². The maximum atomic E-state index is 2.21.